The van der Waals surface area contributed by atoms with Gasteiger partial charge in [-0.2, -0.15) is 0 Å². The zero-order valence-electron chi connectivity index (χ0n) is 8.92. The minimum Gasteiger partial charge on any atom is -0.377 e. The van der Waals surface area contributed by atoms with Crippen LogP contribution < -0.4 is 5.32 Å². The van der Waals surface area contributed by atoms with E-state index in [1.807, 2.05) is 18.3 Å². The molecule has 0 aliphatic carbocycles. The average Bonchev–Trinajstić information content (AvgIpc) is 2.19. The van der Waals surface area contributed by atoms with Crippen LogP contribution in [0.15, 0.2) is 18.3 Å². The van der Waals surface area contributed by atoms with Gasteiger partial charge in [-0.05, 0) is 31.0 Å². The SMILES string of the molecule is CCCOCc1ccnc(NCC)c1. The molecule has 0 atom stereocenters. The van der Waals surface area contributed by atoms with E-state index in [9.17, 15) is 0 Å². The normalized spacial score (nSPS) is 10.1. The maximum absolute atomic E-state index is 5.45. The van der Waals surface area contributed by atoms with E-state index >= 15 is 0 Å². The number of rotatable bonds is 6. The first-order valence-corrected chi connectivity index (χ1v) is 5.13. The van der Waals surface area contributed by atoms with Gasteiger partial charge in [0.25, 0.3) is 0 Å². The second-order valence-electron chi connectivity index (χ2n) is 3.13. The second kappa shape index (κ2) is 6.38. The third kappa shape index (κ3) is 3.75. The molecule has 1 aromatic heterocycles. The number of nitrogens with zero attached hydrogens (tertiary/aromatic N) is 1. The molecule has 1 heterocycles. The van der Waals surface area contributed by atoms with Gasteiger partial charge < -0.3 is 10.1 Å². The molecule has 3 heteroatoms. The fourth-order valence-electron chi connectivity index (χ4n) is 1.18. The van der Waals surface area contributed by atoms with E-state index in [2.05, 4.69) is 24.1 Å². The van der Waals surface area contributed by atoms with Crippen molar-refractivity contribution in [2.75, 3.05) is 18.5 Å². The van der Waals surface area contributed by atoms with Crippen LogP contribution in [0.4, 0.5) is 5.82 Å². The molecule has 0 saturated heterocycles. The standard InChI is InChI=1S/C11H18N2O/c1-3-7-14-9-10-5-6-13-11(8-10)12-4-2/h5-6,8H,3-4,7,9H2,1-2H3,(H,12,13). The van der Waals surface area contributed by atoms with E-state index in [0.717, 1.165) is 25.4 Å². The fraction of sp³-hybridized carbons (Fsp3) is 0.545. The number of nitrogens with one attached hydrogen (secondary N) is 1. The predicted molar refractivity (Wildman–Crippen MR) is 58.3 cm³/mol. The van der Waals surface area contributed by atoms with Crippen molar-refractivity contribution in [1.29, 1.82) is 0 Å². The Morgan fingerprint density at radius 3 is 3.00 bits per heavy atom. The van der Waals surface area contributed by atoms with Gasteiger partial charge in [-0.25, -0.2) is 4.98 Å². The van der Waals surface area contributed by atoms with Crippen LogP contribution in [0.25, 0.3) is 0 Å². The molecule has 1 rings (SSSR count). The maximum atomic E-state index is 5.45. The highest BCUT2D eigenvalue weighted by molar-refractivity contribution is 5.36. The van der Waals surface area contributed by atoms with Crippen molar-refractivity contribution in [3.63, 3.8) is 0 Å². The summed E-state index contributed by atoms with van der Waals surface area (Å²) >= 11 is 0. The average molecular weight is 194 g/mol. The number of anilines is 1. The summed E-state index contributed by atoms with van der Waals surface area (Å²) in [4.78, 5) is 4.19. The molecule has 3 nitrogen and oxygen atoms in total. The zero-order valence-corrected chi connectivity index (χ0v) is 8.92. The Bertz CT molecular complexity index is 263. The van der Waals surface area contributed by atoms with Crippen LogP contribution in [-0.4, -0.2) is 18.1 Å². The number of hydrogen-bond donors (Lipinski definition) is 1. The van der Waals surface area contributed by atoms with Crippen molar-refractivity contribution >= 4 is 5.82 Å². The minimum atomic E-state index is 0.675. The summed E-state index contributed by atoms with van der Waals surface area (Å²) in [6, 6.07) is 4.01. The Kier molecular flexibility index (Phi) is 5.00. The molecule has 0 saturated carbocycles. The summed E-state index contributed by atoms with van der Waals surface area (Å²) in [5.41, 5.74) is 1.17. The van der Waals surface area contributed by atoms with Crippen LogP contribution in [0.5, 0.6) is 0 Å². The fourth-order valence-corrected chi connectivity index (χ4v) is 1.18. The lowest BCUT2D eigenvalue weighted by Gasteiger charge is -2.05. The van der Waals surface area contributed by atoms with Crippen LogP contribution in [0.2, 0.25) is 0 Å². The van der Waals surface area contributed by atoms with E-state index in [1.165, 1.54) is 5.56 Å². The molecule has 0 amide bonds. The van der Waals surface area contributed by atoms with Gasteiger partial charge in [0, 0.05) is 19.3 Å². The van der Waals surface area contributed by atoms with Gasteiger partial charge in [-0.3, -0.25) is 0 Å². The first-order valence-electron chi connectivity index (χ1n) is 5.13. The van der Waals surface area contributed by atoms with Gasteiger partial charge in [-0.15, -0.1) is 0 Å². The Morgan fingerprint density at radius 1 is 1.43 bits per heavy atom. The Labute approximate surface area is 85.5 Å². The van der Waals surface area contributed by atoms with Crippen LogP contribution in [0, 0.1) is 0 Å². The lowest BCUT2D eigenvalue weighted by atomic mass is 10.3. The lowest BCUT2D eigenvalue weighted by molar-refractivity contribution is 0.121. The monoisotopic (exact) mass is 194 g/mol. The van der Waals surface area contributed by atoms with E-state index in [0.29, 0.717) is 6.61 Å². The van der Waals surface area contributed by atoms with Crippen LogP contribution in [0.3, 0.4) is 0 Å². The van der Waals surface area contributed by atoms with Gasteiger partial charge in [0.15, 0.2) is 0 Å². The molecular weight excluding hydrogens is 176 g/mol. The molecule has 0 aliphatic rings. The van der Waals surface area contributed by atoms with E-state index in [-0.39, 0.29) is 0 Å². The lowest BCUT2D eigenvalue weighted by Crippen LogP contribution is -2.00. The topological polar surface area (TPSA) is 34.1 Å². The van der Waals surface area contributed by atoms with Crippen molar-refractivity contribution in [3.05, 3.63) is 23.9 Å². The minimum absolute atomic E-state index is 0.675. The summed E-state index contributed by atoms with van der Waals surface area (Å²) in [6.45, 7) is 6.55. The molecule has 0 fully saturated rings. The highest BCUT2D eigenvalue weighted by atomic mass is 16.5. The van der Waals surface area contributed by atoms with Gasteiger partial charge in [-0.1, -0.05) is 6.92 Å². The molecule has 1 aromatic rings. The molecule has 0 unspecified atom stereocenters. The summed E-state index contributed by atoms with van der Waals surface area (Å²) in [5.74, 6) is 0.921. The first-order chi connectivity index (χ1) is 6.86. The molecule has 0 radical (unpaired) electrons. The van der Waals surface area contributed by atoms with Crippen molar-refractivity contribution in [3.8, 4) is 0 Å². The van der Waals surface area contributed by atoms with Gasteiger partial charge in [0.2, 0.25) is 0 Å². The molecule has 1 N–H and O–H groups in total. The van der Waals surface area contributed by atoms with Crippen molar-refractivity contribution in [2.45, 2.75) is 26.9 Å². The summed E-state index contributed by atoms with van der Waals surface area (Å²) in [5, 5.41) is 3.17. The summed E-state index contributed by atoms with van der Waals surface area (Å²) in [7, 11) is 0. The quantitative estimate of drug-likeness (QED) is 0.706. The van der Waals surface area contributed by atoms with Crippen molar-refractivity contribution in [1.82, 2.24) is 4.98 Å². The second-order valence-corrected chi connectivity index (χ2v) is 3.13. The summed E-state index contributed by atoms with van der Waals surface area (Å²) in [6.07, 6.45) is 2.87. The van der Waals surface area contributed by atoms with E-state index in [4.69, 9.17) is 4.74 Å². The maximum Gasteiger partial charge on any atom is 0.126 e. The highest BCUT2D eigenvalue weighted by Gasteiger charge is 1.95. The summed E-state index contributed by atoms with van der Waals surface area (Å²) < 4.78 is 5.45. The Morgan fingerprint density at radius 2 is 2.29 bits per heavy atom. The van der Waals surface area contributed by atoms with Gasteiger partial charge >= 0.3 is 0 Å². The van der Waals surface area contributed by atoms with E-state index in [1.54, 1.807) is 0 Å². The van der Waals surface area contributed by atoms with Crippen LogP contribution >= 0.6 is 0 Å². The van der Waals surface area contributed by atoms with Crippen LogP contribution in [-0.2, 0) is 11.3 Å². The smallest absolute Gasteiger partial charge is 0.126 e. The molecule has 0 aliphatic heterocycles. The highest BCUT2D eigenvalue weighted by Crippen LogP contribution is 2.07. The third-order valence-electron chi connectivity index (χ3n) is 1.80. The first kappa shape index (κ1) is 11.0. The molecule has 0 spiro atoms. The molecule has 0 aromatic carbocycles. The van der Waals surface area contributed by atoms with Crippen molar-refractivity contribution < 1.29 is 4.74 Å². The molecular formula is C11H18N2O. The van der Waals surface area contributed by atoms with Crippen LogP contribution in [0.1, 0.15) is 25.8 Å². The van der Waals surface area contributed by atoms with Crippen molar-refractivity contribution in [2.24, 2.45) is 0 Å². The van der Waals surface area contributed by atoms with Gasteiger partial charge in [0.1, 0.15) is 5.82 Å². The largest absolute Gasteiger partial charge is 0.377 e. The molecule has 0 bridgehead atoms. The number of hydrogen-bond acceptors (Lipinski definition) is 3. The van der Waals surface area contributed by atoms with E-state index < -0.39 is 0 Å². The predicted octanol–water partition coefficient (Wildman–Crippen LogP) is 2.44. The Balaban J connectivity index is 2.46. The third-order valence-corrected chi connectivity index (χ3v) is 1.80. The van der Waals surface area contributed by atoms with Gasteiger partial charge in [0.05, 0.1) is 6.61 Å². The number of aromatic nitrogens is 1. The molecule has 14 heavy (non-hydrogen) atoms. The number of ether oxygens (including phenoxy) is 1. The zero-order chi connectivity index (χ0) is 10.2. The Hall–Kier alpha value is -1.09. The molecule has 78 valence electrons. The number of pyridine rings is 1.